The largest absolute Gasteiger partial charge is 0.493 e. The van der Waals surface area contributed by atoms with Gasteiger partial charge >= 0.3 is 0 Å². The van der Waals surface area contributed by atoms with E-state index in [1.807, 2.05) is 10.9 Å². The molecule has 0 fully saturated rings. The van der Waals surface area contributed by atoms with Crippen molar-refractivity contribution in [3.05, 3.63) is 47.3 Å². The number of nitrogens with one attached hydrogen (secondary N) is 2. The summed E-state index contributed by atoms with van der Waals surface area (Å²) in [6, 6.07) is 6.30. The number of hydrogen-bond acceptors (Lipinski definition) is 3. The zero-order valence-corrected chi connectivity index (χ0v) is 19.8. The molecule has 2 aromatic rings. The standard InChI is InChI=1S/C21H33N5O.HI/c1-5-12-27-20-13-17(3)8-9-19(20)15-24-21(22-6-2)23-10-7-11-26-16-18(4)14-25-26;/h8-9,13-14,16H,5-7,10-12,15H2,1-4H3,(H2,22,23,24);1H. The highest BCUT2D eigenvalue weighted by molar-refractivity contribution is 14.0. The number of aromatic nitrogens is 2. The molecule has 1 heterocycles. The van der Waals surface area contributed by atoms with Crippen LogP contribution >= 0.6 is 24.0 Å². The third kappa shape index (κ3) is 8.50. The topological polar surface area (TPSA) is 63.5 Å². The molecule has 1 aromatic heterocycles. The fourth-order valence-electron chi connectivity index (χ4n) is 2.68. The molecule has 1 aromatic carbocycles. The monoisotopic (exact) mass is 499 g/mol. The zero-order chi connectivity index (χ0) is 19.5. The Bertz CT molecular complexity index is 729. The number of nitrogens with zero attached hydrogens (tertiary/aromatic N) is 3. The maximum Gasteiger partial charge on any atom is 0.191 e. The number of aliphatic imine (C=N–C) groups is 1. The lowest BCUT2D eigenvalue weighted by Crippen LogP contribution is -2.38. The highest BCUT2D eigenvalue weighted by Gasteiger charge is 2.05. The molecule has 2 N–H and O–H groups in total. The molecular formula is C21H34IN5O. The average molecular weight is 499 g/mol. The van der Waals surface area contributed by atoms with Crippen LogP contribution in [0.1, 0.15) is 43.4 Å². The highest BCUT2D eigenvalue weighted by atomic mass is 127. The van der Waals surface area contributed by atoms with Crippen molar-refractivity contribution in [3.8, 4) is 5.75 Å². The van der Waals surface area contributed by atoms with Crippen LogP contribution in [0.5, 0.6) is 5.75 Å². The molecule has 0 unspecified atom stereocenters. The van der Waals surface area contributed by atoms with Gasteiger partial charge in [0.1, 0.15) is 5.75 Å². The van der Waals surface area contributed by atoms with E-state index in [0.717, 1.165) is 56.4 Å². The Morgan fingerprint density at radius 2 is 2.00 bits per heavy atom. The molecule has 0 amide bonds. The van der Waals surface area contributed by atoms with Gasteiger partial charge in [0, 0.05) is 31.4 Å². The van der Waals surface area contributed by atoms with Gasteiger partial charge in [-0.2, -0.15) is 5.10 Å². The lowest BCUT2D eigenvalue weighted by atomic mass is 10.1. The van der Waals surface area contributed by atoms with Crippen molar-refractivity contribution in [2.45, 2.75) is 53.6 Å². The van der Waals surface area contributed by atoms with Crippen molar-refractivity contribution in [2.75, 3.05) is 19.7 Å². The Kier molecular flexibility index (Phi) is 11.6. The van der Waals surface area contributed by atoms with Crippen molar-refractivity contribution in [2.24, 2.45) is 4.99 Å². The van der Waals surface area contributed by atoms with E-state index in [-0.39, 0.29) is 24.0 Å². The molecule has 0 atom stereocenters. The third-order valence-electron chi connectivity index (χ3n) is 4.05. The van der Waals surface area contributed by atoms with Crippen molar-refractivity contribution in [3.63, 3.8) is 0 Å². The summed E-state index contributed by atoms with van der Waals surface area (Å²) in [6.45, 7) is 12.2. The summed E-state index contributed by atoms with van der Waals surface area (Å²) in [6.07, 6.45) is 5.94. The number of benzene rings is 1. The van der Waals surface area contributed by atoms with E-state index in [0.29, 0.717) is 6.54 Å². The molecule has 0 radical (unpaired) electrons. The molecule has 2 rings (SSSR count). The summed E-state index contributed by atoms with van der Waals surface area (Å²) in [4.78, 5) is 4.72. The Hall–Kier alpha value is -1.77. The van der Waals surface area contributed by atoms with Gasteiger partial charge in [-0.1, -0.05) is 19.1 Å². The van der Waals surface area contributed by atoms with Crippen molar-refractivity contribution >= 4 is 29.9 Å². The normalized spacial score (nSPS) is 11.1. The van der Waals surface area contributed by atoms with Crippen LogP contribution < -0.4 is 15.4 Å². The second-order valence-electron chi connectivity index (χ2n) is 6.72. The molecule has 0 aliphatic heterocycles. The van der Waals surface area contributed by atoms with Crippen molar-refractivity contribution < 1.29 is 4.74 Å². The van der Waals surface area contributed by atoms with E-state index in [2.05, 4.69) is 67.8 Å². The smallest absolute Gasteiger partial charge is 0.191 e. The van der Waals surface area contributed by atoms with Crippen molar-refractivity contribution in [1.29, 1.82) is 0 Å². The van der Waals surface area contributed by atoms with Gasteiger partial charge in [-0.25, -0.2) is 4.99 Å². The quantitative estimate of drug-likeness (QED) is 0.224. The lowest BCUT2D eigenvalue weighted by molar-refractivity contribution is 0.314. The summed E-state index contributed by atoms with van der Waals surface area (Å²) >= 11 is 0. The number of guanidine groups is 1. The molecule has 0 saturated heterocycles. The number of ether oxygens (including phenoxy) is 1. The fourth-order valence-corrected chi connectivity index (χ4v) is 2.68. The number of halogens is 1. The minimum atomic E-state index is 0. The zero-order valence-electron chi connectivity index (χ0n) is 17.5. The maximum atomic E-state index is 5.89. The molecular weight excluding hydrogens is 465 g/mol. The molecule has 0 aliphatic carbocycles. The van der Waals surface area contributed by atoms with Crippen LogP contribution in [0.25, 0.3) is 0 Å². The van der Waals surface area contributed by atoms with Gasteiger partial charge < -0.3 is 15.4 Å². The second kappa shape index (κ2) is 13.4. The second-order valence-corrected chi connectivity index (χ2v) is 6.72. The van der Waals surface area contributed by atoms with E-state index in [1.165, 1.54) is 11.1 Å². The molecule has 0 saturated carbocycles. The van der Waals surface area contributed by atoms with E-state index < -0.39 is 0 Å². The molecule has 0 bridgehead atoms. The SMILES string of the molecule is CCCOc1cc(C)ccc1CN=C(NCC)NCCCn1cc(C)cn1.I. The molecule has 28 heavy (non-hydrogen) atoms. The summed E-state index contributed by atoms with van der Waals surface area (Å²) < 4.78 is 7.87. The first-order valence-electron chi connectivity index (χ1n) is 9.86. The Labute approximate surface area is 186 Å². The first-order chi connectivity index (χ1) is 13.1. The van der Waals surface area contributed by atoms with E-state index in [4.69, 9.17) is 9.73 Å². The van der Waals surface area contributed by atoms with Gasteiger partial charge in [0.2, 0.25) is 0 Å². The van der Waals surface area contributed by atoms with Crippen LogP contribution in [0.3, 0.4) is 0 Å². The fraction of sp³-hybridized carbons (Fsp3) is 0.524. The number of rotatable bonds is 10. The van der Waals surface area contributed by atoms with Crippen LogP contribution in [0.15, 0.2) is 35.6 Å². The van der Waals surface area contributed by atoms with Gasteiger partial charge in [0.25, 0.3) is 0 Å². The summed E-state index contributed by atoms with van der Waals surface area (Å²) in [5, 5.41) is 11.0. The summed E-state index contributed by atoms with van der Waals surface area (Å²) in [5.74, 6) is 1.77. The van der Waals surface area contributed by atoms with Crippen LogP contribution in [0.2, 0.25) is 0 Å². The lowest BCUT2D eigenvalue weighted by Gasteiger charge is -2.13. The van der Waals surface area contributed by atoms with Crippen LogP contribution in [-0.2, 0) is 13.1 Å². The van der Waals surface area contributed by atoms with Crippen LogP contribution in [-0.4, -0.2) is 35.4 Å². The van der Waals surface area contributed by atoms with Gasteiger partial charge in [0.05, 0.1) is 19.3 Å². The Morgan fingerprint density at radius 1 is 1.18 bits per heavy atom. The predicted octanol–water partition coefficient (Wildman–Crippen LogP) is 4.05. The third-order valence-corrected chi connectivity index (χ3v) is 4.05. The number of aryl methyl sites for hydroxylation is 3. The van der Waals surface area contributed by atoms with Crippen LogP contribution in [0.4, 0.5) is 0 Å². The van der Waals surface area contributed by atoms with Gasteiger partial charge in [-0.3, -0.25) is 4.68 Å². The summed E-state index contributed by atoms with van der Waals surface area (Å²) in [5.41, 5.74) is 3.50. The average Bonchev–Trinajstić information content (AvgIpc) is 3.07. The van der Waals surface area contributed by atoms with E-state index in [9.17, 15) is 0 Å². The van der Waals surface area contributed by atoms with Crippen LogP contribution in [0, 0.1) is 13.8 Å². The van der Waals surface area contributed by atoms with Gasteiger partial charge in [-0.05, 0) is 50.8 Å². The minimum absolute atomic E-state index is 0. The Balaban J connectivity index is 0.00000392. The molecule has 156 valence electrons. The first-order valence-corrected chi connectivity index (χ1v) is 9.86. The molecule has 7 heteroatoms. The van der Waals surface area contributed by atoms with E-state index >= 15 is 0 Å². The highest BCUT2D eigenvalue weighted by Crippen LogP contribution is 2.21. The minimum Gasteiger partial charge on any atom is -0.493 e. The molecule has 6 nitrogen and oxygen atoms in total. The summed E-state index contributed by atoms with van der Waals surface area (Å²) in [7, 11) is 0. The van der Waals surface area contributed by atoms with Gasteiger partial charge in [-0.15, -0.1) is 24.0 Å². The first kappa shape index (κ1) is 24.3. The number of hydrogen-bond donors (Lipinski definition) is 2. The maximum absolute atomic E-state index is 5.89. The van der Waals surface area contributed by atoms with Crippen molar-refractivity contribution in [1.82, 2.24) is 20.4 Å². The van der Waals surface area contributed by atoms with Gasteiger partial charge in [0.15, 0.2) is 5.96 Å². The molecule has 0 spiro atoms. The Morgan fingerprint density at radius 3 is 2.68 bits per heavy atom. The molecule has 0 aliphatic rings. The predicted molar refractivity (Wildman–Crippen MR) is 127 cm³/mol. The van der Waals surface area contributed by atoms with E-state index in [1.54, 1.807) is 0 Å².